The Morgan fingerprint density at radius 3 is 1.89 bits per heavy atom. The summed E-state index contributed by atoms with van der Waals surface area (Å²) >= 11 is 0. The lowest BCUT2D eigenvalue weighted by Gasteiger charge is -2.30. The van der Waals surface area contributed by atoms with Gasteiger partial charge in [0.1, 0.15) is 6.10 Å². The molecule has 158 valence electrons. The number of hydrogen-bond acceptors (Lipinski definition) is 1. The molecule has 2 heteroatoms. The zero-order valence-corrected chi connectivity index (χ0v) is 20.5. The van der Waals surface area contributed by atoms with Crippen LogP contribution in [-0.2, 0) is 4.43 Å². The van der Waals surface area contributed by atoms with Gasteiger partial charge in [-0.1, -0.05) is 110 Å². The van der Waals surface area contributed by atoms with E-state index in [1.807, 2.05) is 6.92 Å². The van der Waals surface area contributed by atoms with Crippen molar-refractivity contribution in [3.63, 3.8) is 0 Å². The van der Waals surface area contributed by atoms with Crippen LogP contribution in [0.3, 0.4) is 0 Å². The molecule has 0 rings (SSSR count). The van der Waals surface area contributed by atoms with Gasteiger partial charge in [0.2, 0.25) is 0 Å². The molecule has 0 aliphatic heterocycles. The fraction of sp³-hybridized carbons (Fsp3) is 0.840. The Kier molecular flexibility index (Phi) is 16.1. The fourth-order valence-electron chi connectivity index (χ4n) is 3.53. The molecule has 0 saturated carbocycles. The van der Waals surface area contributed by atoms with Crippen molar-refractivity contribution in [2.75, 3.05) is 0 Å². The first-order valence-corrected chi connectivity index (χ1v) is 14.8. The predicted molar refractivity (Wildman–Crippen MR) is 126 cm³/mol. The minimum absolute atomic E-state index is 0.0754. The molecule has 0 aromatic carbocycles. The van der Waals surface area contributed by atoms with Gasteiger partial charge in [-0.2, -0.15) is 0 Å². The Hall–Kier alpha value is -0.523. The molecule has 1 nitrogen and oxygen atoms in total. The van der Waals surface area contributed by atoms with E-state index in [1.165, 1.54) is 83.1 Å². The summed E-state index contributed by atoms with van der Waals surface area (Å²) in [5.41, 5.74) is 0.932. The summed E-state index contributed by atoms with van der Waals surface area (Å²) in [4.78, 5) is 0. The molecule has 0 bridgehead atoms. The highest BCUT2D eigenvalue weighted by atomic mass is 28.4. The minimum atomic E-state index is -1.65. The molecule has 0 spiro atoms. The van der Waals surface area contributed by atoms with Crippen LogP contribution in [0.25, 0.3) is 0 Å². The number of rotatable bonds is 16. The van der Waals surface area contributed by atoms with Crippen LogP contribution in [0.15, 0.2) is 12.2 Å². The lowest BCUT2D eigenvalue weighted by molar-refractivity contribution is 0.179. The molecule has 0 aliphatic rings. The van der Waals surface area contributed by atoms with Crippen molar-refractivity contribution in [3.8, 4) is 11.8 Å². The first-order valence-electron chi connectivity index (χ1n) is 11.7. The molecule has 0 fully saturated rings. The van der Waals surface area contributed by atoms with Crippen LogP contribution in [0.5, 0.6) is 0 Å². The van der Waals surface area contributed by atoms with E-state index in [0.717, 1.165) is 5.57 Å². The molecule has 0 aromatic rings. The van der Waals surface area contributed by atoms with Gasteiger partial charge >= 0.3 is 0 Å². The van der Waals surface area contributed by atoms with E-state index >= 15 is 0 Å². The average Bonchev–Trinajstić information content (AvgIpc) is 2.60. The van der Waals surface area contributed by atoms with Crippen molar-refractivity contribution in [2.24, 2.45) is 5.92 Å². The quantitative estimate of drug-likeness (QED) is 0.145. The third-order valence-corrected chi connectivity index (χ3v) is 7.72. The normalized spacial score (nSPS) is 13.7. The molecular weight excluding hydrogens is 344 g/mol. The smallest absolute Gasteiger partial charge is 0.188 e. The molecule has 0 saturated heterocycles. The lowest BCUT2D eigenvalue weighted by atomic mass is 10.00. The van der Waals surface area contributed by atoms with Crippen molar-refractivity contribution in [3.05, 3.63) is 12.2 Å². The van der Waals surface area contributed by atoms with Gasteiger partial charge in [-0.25, -0.2) is 0 Å². The van der Waals surface area contributed by atoms with Crippen LogP contribution in [0.2, 0.25) is 19.1 Å². The second-order valence-corrected chi connectivity index (χ2v) is 13.3. The second-order valence-electron chi connectivity index (χ2n) is 9.05. The Balaban J connectivity index is 4.13. The first-order chi connectivity index (χ1) is 12.8. The topological polar surface area (TPSA) is 9.23 Å². The highest BCUT2D eigenvalue weighted by Gasteiger charge is 2.28. The summed E-state index contributed by atoms with van der Waals surface area (Å²) in [6, 6.07) is 1.26. The largest absolute Gasteiger partial charge is 0.404 e. The number of hydrogen-bond donors (Lipinski definition) is 0. The van der Waals surface area contributed by atoms with Gasteiger partial charge in [0.25, 0.3) is 0 Å². The number of unbranched alkanes of at least 4 members (excludes halogenated alkanes) is 9. The van der Waals surface area contributed by atoms with Crippen molar-refractivity contribution in [1.29, 1.82) is 0 Å². The highest BCUT2D eigenvalue weighted by molar-refractivity contribution is 6.71. The molecular formula is C25H48OSi. The van der Waals surface area contributed by atoms with Crippen LogP contribution in [-0.4, -0.2) is 14.4 Å². The van der Waals surface area contributed by atoms with E-state index in [1.54, 1.807) is 0 Å². The first kappa shape index (κ1) is 26.5. The maximum absolute atomic E-state index is 6.61. The van der Waals surface area contributed by atoms with Crippen molar-refractivity contribution in [1.82, 2.24) is 0 Å². The summed E-state index contributed by atoms with van der Waals surface area (Å²) in [6.45, 7) is 17.4. The molecule has 2 atom stereocenters. The zero-order chi connectivity index (χ0) is 20.5. The van der Waals surface area contributed by atoms with Crippen molar-refractivity contribution >= 4 is 8.32 Å². The van der Waals surface area contributed by atoms with Gasteiger partial charge in [-0.15, -0.1) is 0 Å². The SMILES string of the molecule is C=C(C)C#CC(O[Si](C)(C)CCCCCCCCCCCC)C(C)CCC. The molecule has 2 unspecified atom stereocenters. The highest BCUT2D eigenvalue weighted by Crippen LogP contribution is 2.23. The summed E-state index contributed by atoms with van der Waals surface area (Å²) in [5, 5.41) is 0. The van der Waals surface area contributed by atoms with E-state index in [-0.39, 0.29) is 6.10 Å². The lowest BCUT2D eigenvalue weighted by Crippen LogP contribution is -2.37. The van der Waals surface area contributed by atoms with Crippen LogP contribution >= 0.6 is 0 Å². The van der Waals surface area contributed by atoms with Crippen LogP contribution in [0, 0.1) is 17.8 Å². The molecule has 0 radical (unpaired) electrons. The third kappa shape index (κ3) is 16.2. The molecule has 0 aliphatic carbocycles. The summed E-state index contributed by atoms with van der Waals surface area (Å²) < 4.78 is 6.61. The molecule has 0 heterocycles. The summed E-state index contributed by atoms with van der Waals surface area (Å²) in [7, 11) is -1.65. The van der Waals surface area contributed by atoms with E-state index in [4.69, 9.17) is 4.43 Å². The molecule has 0 amide bonds. The average molecular weight is 393 g/mol. The molecule has 0 N–H and O–H groups in total. The Bertz CT molecular complexity index is 429. The van der Waals surface area contributed by atoms with Crippen molar-refractivity contribution in [2.45, 2.75) is 130 Å². The van der Waals surface area contributed by atoms with E-state index < -0.39 is 8.32 Å². The zero-order valence-electron chi connectivity index (χ0n) is 19.5. The Labute approximate surface area is 172 Å². The van der Waals surface area contributed by atoms with E-state index in [2.05, 4.69) is 52.3 Å². The predicted octanol–water partition coefficient (Wildman–Crippen LogP) is 8.51. The molecule has 0 aromatic heterocycles. The minimum Gasteiger partial charge on any atom is -0.404 e. The van der Waals surface area contributed by atoms with Crippen LogP contribution in [0.1, 0.15) is 105 Å². The van der Waals surface area contributed by atoms with Gasteiger partial charge in [0.05, 0.1) is 0 Å². The van der Waals surface area contributed by atoms with E-state index in [9.17, 15) is 0 Å². The van der Waals surface area contributed by atoms with Gasteiger partial charge < -0.3 is 4.43 Å². The second kappa shape index (κ2) is 16.4. The van der Waals surface area contributed by atoms with Gasteiger partial charge in [-0.05, 0) is 44.0 Å². The summed E-state index contributed by atoms with van der Waals surface area (Å²) in [5.74, 6) is 7.03. The number of allylic oxidation sites excluding steroid dienone is 1. The third-order valence-electron chi connectivity index (χ3n) is 5.27. The van der Waals surface area contributed by atoms with Gasteiger partial charge in [0.15, 0.2) is 8.32 Å². The maximum atomic E-state index is 6.61. The fourth-order valence-corrected chi connectivity index (χ4v) is 5.73. The van der Waals surface area contributed by atoms with Gasteiger partial charge in [-0.3, -0.25) is 0 Å². The maximum Gasteiger partial charge on any atom is 0.188 e. The monoisotopic (exact) mass is 392 g/mol. The van der Waals surface area contributed by atoms with Gasteiger partial charge in [0, 0.05) is 0 Å². The molecule has 27 heavy (non-hydrogen) atoms. The van der Waals surface area contributed by atoms with Crippen molar-refractivity contribution < 1.29 is 4.43 Å². The Morgan fingerprint density at radius 1 is 0.889 bits per heavy atom. The van der Waals surface area contributed by atoms with E-state index in [0.29, 0.717) is 5.92 Å². The van der Waals surface area contributed by atoms with Crippen LogP contribution < -0.4 is 0 Å². The summed E-state index contributed by atoms with van der Waals surface area (Å²) in [6.07, 6.45) is 16.4. The Morgan fingerprint density at radius 2 is 1.41 bits per heavy atom. The standard InChI is InChI=1S/C25H48OSi/c1-8-10-11-12-13-14-15-16-17-18-22-27(6,7)26-25(21-20-23(3)4)24(5)19-9-2/h24-25H,3,8-19,22H2,1-2,4-7H3. The van der Waals surface area contributed by atoms with Crippen LogP contribution in [0.4, 0.5) is 0 Å².